The average molecular weight is 341 g/mol. The molecule has 2 fully saturated rings. The summed E-state index contributed by atoms with van der Waals surface area (Å²) in [7, 11) is 0. The smallest absolute Gasteiger partial charge is 0.225 e. The van der Waals surface area contributed by atoms with Crippen LogP contribution in [0.15, 0.2) is 6.07 Å². The van der Waals surface area contributed by atoms with Crippen LogP contribution in [-0.2, 0) is 4.79 Å². The van der Waals surface area contributed by atoms with Gasteiger partial charge in [0.2, 0.25) is 5.91 Å². The van der Waals surface area contributed by atoms with Gasteiger partial charge in [0.25, 0.3) is 0 Å². The topological polar surface area (TPSA) is 83.8 Å². The van der Waals surface area contributed by atoms with Gasteiger partial charge in [0.1, 0.15) is 0 Å². The molecule has 23 heavy (non-hydrogen) atoms. The number of hydrogen-bond acceptors (Lipinski definition) is 3. The Morgan fingerprint density at radius 2 is 1.91 bits per heavy atom. The zero-order valence-electron chi connectivity index (χ0n) is 13.7. The molecule has 4 N–H and O–H groups in total. The quantitative estimate of drug-likeness (QED) is 0.730. The van der Waals surface area contributed by atoms with Gasteiger partial charge in [0.05, 0.1) is 0 Å². The molecule has 5 nitrogen and oxygen atoms in total. The first-order valence-electron chi connectivity index (χ1n) is 8.83. The maximum absolute atomic E-state index is 12.1. The second kappa shape index (κ2) is 8.69. The van der Waals surface area contributed by atoms with Gasteiger partial charge in [-0.1, -0.05) is 32.1 Å². The summed E-state index contributed by atoms with van der Waals surface area (Å²) in [5, 5.41) is 10.3. The van der Waals surface area contributed by atoms with Crippen molar-refractivity contribution >= 4 is 24.1 Å². The number of aromatic amines is 1. The molecule has 2 saturated carbocycles. The van der Waals surface area contributed by atoms with E-state index in [0.29, 0.717) is 24.1 Å². The van der Waals surface area contributed by atoms with E-state index in [-0.39, 0.29) is 24.4 Å². The van der Waals surface area contributed by atoms with E-state index < -0.39 is 0 Å². The third-order valence-electron chi connectivity index (χ3n) is 5.33. The van der Waals surface area contributed by atoms with Crippen molar-refractivity contribution in [3.63, 3.8) is 0 Å². The number of aromatic nitrogens is 2. The number of H-pyrrole nitrogens is 1. The standard InChI is InChI=1S/C17H28N4O.ClH/c18-14-9-5-8-13(14)10-17(22)19-16-11-15(20-21-16)12-6-3-1-2-4-7-12;/h11-14H,1-10,18H2,(H2,19,20,21,22);1H/t13-,14+;/m0./s1. The zero-order valence-corrected chi connectivity index (χ0v) is 14.5. The van der Waals surface area contributed by atoms with E-state index in [9.17, 15) is 4.79 Å². The van der Waals surface area contributed by atoms with Crippen LogP contribution in [-0.4, -0.2) is 22.1 Å². The van der Waals surface area contributed by atoms with Crippen LogP contribution in [0, 0.1) is 5.92 Å². The fourth-order valence-electron chi connectivity index (χ4n) is 3.95. The highest BCUT2D eigenvalue weighted by molar-refractivity contribution is 5.90. The minimum atomic E-state index is 0. The van der Waals surface area contributed by atoms with E-state index in [2.05, 4.69) is 15.5 Å². The molecule has 0 bridgehead atoms. The van der Waals surface area contributed by atoms with E-state index in [0.717, 1.165) is 19.3 Å². The maximum Gasteiger partial charge on any atom is 0.225 e. The van der Waals surface area contributed by atoms with E-state index >= 15 is 0 Å². The number of anilines is 1. The summed E-state index contributed by atoms with van der Waals surface area (Å²) in [5.41, 5.74) is 7.21. The molecule has 2 aliphatic carbocycles. The predicted molar refractivity (Wildman–Crippen MR) is 94.8 cm³/mol. The summed E-state index contributed by atoms with van der Waals surface area (Å²) in [6, 6.07) is 2.20. The number of rotatable bonds is 4. The van der Waals surface area contributed by atoms with Crippen LogP contribution >= 0.6 is 12.4 Å². The third-order valence-corrected chi connectivity index (χ3v) is 5.33. The van der Waals surface area contributed by atoms with Crippen molar-refractivity contribution in [2.75, 3.05) is 5.32 Å². The molecule has 130 valence electrons. The van der Waals surface area contributed by atoms with E-state index in [1.807, 2.05) is 6.07 Å². The molecule has 2 atom stereocenters. The Bertz CT molecular complexity index is 497. The number of nitrogens with two attached hydrogens (primary N) is 1. The van der Waals surface area contributed by atoms with Crippen LogP contribution in [0.4, 0.5) is 5.82 Å². The highest BCUT2D eigenvalue weighted by atomic mass is 35.5. The Labute approximate surface area is 144 Å². The van der Waals surface area contributed by atoms with Crippen LogP contribution in [0.5, 0.6) is 0 Å². The Hall–Kier alpha value is -1.07. The Morgan fingerprint density at radius 3 is 2.57 bits per heavy atom. The molecular weight excluding hydrogens is 312 g/mol. The second-order valence-electron chi connectivity index (χ2n) is 7.00. The third kappa shape index (κ3) is 4.95. The fraction of sp³-hybridized carbons (Fsp3) is 0.765. The van der Waals surface area contributed by atoms with Gasteiger partial charge in [-0.15, -0.1) is 12.4 Å². The number of nitrogens with zero attached hydrogens (tertiary/aromatic N) is 1. The molecule has 0 spiro atoms. The molecule has 0 aliphatic heterocycles. The largest absolute Gasteiger partial charge is 0.327 e. The van der Waals surface area contributed by atoms with E-state index in [1.165, 1.54) is 44.2 Å². The molecule has 0 saturated heterocycles. The molecule has 1 aromatic heterocycles. The van der Waals surface area contributed by atoms with Gasteiger partial charge in [-0.2, -0.15) is 5.10 Å². The number of carbonyl (C=O) groups is 1. The average Bonchev–Trinajstić information content (AvgIpc) is 3.01. The van der Waals surface area contributed by atoms with Gasteiger partial charge in [-0.05, 0) is 31.6 Å². The number of nitrogens with one attached hydrogen (secondary N) is 2. The lowest BCUT2D eigenvalue weighted by Gasteiger charge is -2.14. The van der Waals surface area contributed by atoms with Crippen molar-refractivity contribution in [3.05, 3.63) is 11.8 Å². The molecule has 1 amide bonds. The highest BCUT2D eigenvalue weighted by Gasteiger charge is 2.26. The van der Waals surface area contributed by atoms with Crippen molar-refractivity contribution in [1.82, 2.24) is 10.2 Å². The Kier molecular flexibility index (Phi) is 6.90. The van der Waals surface area contributed by atoms with Crippen LogP contribution < -0.4 is 11.1 Å². The molecule has 2 aliphatic rings. The summed E-state index contributed by atoms with van der Waals surface area (Å²) in [5.74, 6) is 1.61. The SMILES string of the molecule is Cl.N[C@@H]1CCC[C@H]1CC(=O)Nc1cc(C2CCCCCC2)[nH]n1. The first kappa shape index (κ1) is 18.3. The minimum absolute atomic E-state index is 0. The number of carbonyl (C=O) groups excluding carboxylic acids is 1. The predicted octanol–water partition coefficient (Wildman–Crippen LogP) is 3.73. The normalized spacial score (nSPS) is 25.6. The lowest BCUT2D eigenvalue weighted by molar-refractivity contribution is -0.117. The first-order valence-corrected chi connectivity index (χ1v) is 8.83. The van der Waals surface area contributed by atoms with Crippen LogP contribution in [0.1, 0.15) is 75.8 Å². The van der Waals surface area contributed by atoms with Crippen LogP contribution in [0.3, 0.4) is 0 Å². The van der Waals surface area contributed by atoms with Crippen LogP contribution in [0.25, 0.3) is 0 Å². The molecule has 0 radical (unpaired) electrons. The maximum atomic E-state index is 12.1. The van der Waals surface area contributed by atoms with Gasteiger partial charge in [-0.25, -0.2) is 0 Å². The molecular formula is C17H29ClN4O. The summed E-state index contributed by atoms with van der Waals surface area (Å²) >= 11 is 0. The zero-order chi connectivity index (χ0) is 15.4. The number of hydrogen-bond donors (Lipinski definition) is 3. The van der Waals surface area contributed by atoms with Gasteiger partial charge >= 0.3 is 0 Å². The van der Waals surface area contributed by atoms with Gasteiger partial charge in [-0.3, -0.25) is 9.89 Å². The van der Waals surface area contributed by atoms with Crippen LogP contribution in [0.2, 0.25) is 0 Å². The summed E-state index contributed by atoms with van der Waals surface area (Å²) in [6.07, 6.45) is 11.5. The molecule has 3 rings (SSSR count). The minimum Gasteiger partial charge on any atom is -0.327 e. The van der Waals surface area contributed by atoms with Gasteiger partial charge in [0.15, 0.2) is 5.82 Å². The highest BCUT2D eigenvalue weighted by Crippen LogP contribution is 2.31. The van der Waals surface area contributed by atoms with Crippen molar-refractivity contribution in [1.29, 1.82) is 0 Å². The first-order chi connectivity index (χ1) is 10.7. The molecule has 6 heteroatoms. The molecule has 0 unspecified atom stereocenters. The van der Waals surface area contributed by atoms with E-state index in [1.54, 1.807) is 0 Å². The summed E-state index contributed by atoms with van der Waals surface area (Å²) in [6.45, 7) is 0. The van der Waals surface area contributed by atoms with Crippen molar-refractivity contribution in [3.8, 4) is 0 Å². The van der Waals surface area contributed by atoms with Gasteiger partial charge in [0, 0.05) is 30.1 Å². The number of halogens is 1. The Balaban J connectivity index is 0.00000192. The fourth-order valence-corrected chi connectivity index (χ4v) is 3.95. The Morgan fingerprint density at radius 1 is 1.17 bits per heavy atom. The lowest BCUT2D eigenvalue weighted by Crippen LogP contribution is -2.28. The summed E-state index contributed by atoms with van der Waals surface area (Å²) in [4.78, 5) is 12.1. The second-order valence-corrected chi connectivity index (χ2v) is 7.00. The van der Waals surface area contributed by atoms with Gasteiger partial charge < -0.3 is 11.1 Å². The van der Waals surface area contributed by atoms with Crippen molar-refractivity contribution in [2.24, 2.45) is 11.7 Å². The number of amides is 1. The lowest BCUT2D eigenvalue weighted by atomic mass is 9.97. The molecule has 1 heterocycles. The molecule has 1 aromatic rings. The van der Waals surface area contributed by atoms with Crippen molar-refractivity contribution in [2.45, 2.75) is 76.2 Å². The summed E-state index contributed by atoms with van der Waals surface area (Å²) < 4.78 is 0. The monoisotopic (exact) mass is 340 g/mol. The molecule has 0 aromatic carbocycles. The van der Waals surface area contributed by atoms with Crippen molar-refractivity contribution < 1.29 is 4.79 Å². The van der Waals surface area contributed by atoms with E-state index in [4.69, 9.17) is 5.73 Å².